The number of aromatic nitrogens is 4. The van der Waals surface area contributed by atoms with E-state index in [0.29, 0.717) is 5.82 Å². The molecule has 2 aromatic heterocycles. The lowest BCUT2D eigenvalue weighted by atomic mass is 9.92. The summed E-state index contributed by atoms with van der Waals surface area (Å²) in [6.45, 7) is 3.81. The number of hydrogen-bond donors (Lipinski definition) is 1. The molecule has 27 heavy (non-hydrogen) atoms. The van der Waals surface area contributed by atoms with E-state index in [1.807, 2.05) is 26.0 Å². The highest BCUT2D eigenvalue weighted by Gasteiger charge is 2.19. The van der Waals surface area contributed by atoms with Crippen molar-refractivity contribution in [3.8, 4) is 5.82 Å². The normalized spacial score (nSPS) is 14.0. The number of nitrogens with zero attached hydrogens (tertiary/aromatic N) is 4. The maximum absolute atomic E-state index is 12.8. The standard InChI is InChI=1S/C19H21N5O2S/c1-13-9-14(2)24(22-13)19-11-18(20-12-21-19)23-27(25,26)17-8-7-15-5-3-4-6-16(15)10-17/h7-12H,3-6H2,1-2H3,(H,20,21,23). The van der Waals surface area contributed by atoms with Crippen LogP contribution in [-0.4, -0.2) is 28.2 Å². The fraction of sp³-hybridized carbons (Fsp3) is 0.316. The number of sulfonamides is 1. The van der Waals surface area contributed by atoms with Crippen LogP contribution < -0.4 is 4.72 Å². The Balaban J connectivity index is 1.63. The highest BCUT2D eigenvalue weighted by Crippen LogP contribution is 2.25. The second-order valence-electron chi connectivity index (χ2n) is 6.84. The third-order valence-corrected chi connectivity index (χ3v) is 6.10. The van der Waals surface area contributed by atoms with Crippen molar-refractivity contribution in [3.63, 3.8) is 0 Å². The van der Waals surface area contributed by atoms with Crippen molar-refractivity contribution >= 4 is 15.8 Å². The van der Waals surface area contributed by atoms with E-state index in [-0.39, 0.29) is 10.7 Å². The summed E-state index contributed by atoms with van der Waals surface area (Å²) in [7, 11) is -3.72. The molecule has 0 spiro atoms. The fourth-order valence-corrected chi connectivity index (χ4v) is 4.50. The summed E-state index contributed by atoms with van der Waals surface area (Å²) in [4.78, 5) is 8.51. The molecule has 1 aliphatic rings. The fourth-order valence-electron chi connectivity index (χ4n) is 3.45. The van der Waals surface area contributed by atoms with Crippen LogP contribution in [0, 0.1) is 13.8 Å². The predicted molar refractivity (Wildman–Crippen MR) is 103 cm³/mol. The summed E-state index contributed by atoms with van der Waals surface area (Å²) in [5.41, 5.74) is 4.14. The summed E-state index contributed by atoms with van der Waals surface area (Å²) in [5.74, 6) is 0.726. The van der Waals surface area contributed by atoms with Gasteiger partial charge in [0.1, 0.15) is 12.1 Å². The van der Waals surface area contributed by atoms with E-state index in [9.17, 15) is 8.42 Å². The van der Waals surface area contributed by atoms with Gasteiger partial charge in [0.2, 0.25) is 0 Å². The first-order valence-corrected chi connectivity index (χ1v) is 10.4. The zero-order chi connectivity index (χ0) is 19.0. The lowest BCUT2D eigenvalue weighted by molar-refractivity contribution is 0.600. The van der Waals surface area contributed by atoms with Gasteiger partial charge in [-0.3, -0.25) is 4.72 Å². The molecule has 1 N–H and O–H groups in total. The first-order chi connectivity index (χ1) is 12.9. The van der Waals surface area contributed by atoms with Crippen LogP contribution in [0.2, 0.25) is 0 Å². The van der Waals surface area contributed by atoms with E-state index >= 15 is 0 Å². The Hall–Kier alpha value is -2.74. The van der Waals surface area contributed by atoms with E-state index in [1.54, 1.807) is 22.9 Å². The van der Waals surface area contributed by atoms with Crippen LogP contribution in [-0.2, 0) is 22.9 Å². The molecule has 0 radical (unpaired) electrons. The Morgan fingerprint density at radius 3 is 2.52 bits per heavy atom. The highest BCUT2D eigenvalue weighted by atomic mass is 32.2. The molecule has 2 heterocycles. The van der Waals surface area contributed by atoms with E-state index in [0.717, 1.165) is 42.6 Å². The molecule has 1 aliphatic carbocycles. The third kappa shape index (κ3) is 3.57. The monoisotopic (exact) mass is 383 g/mol. The van der Waals surface area contributed by atoms with Gasteiger partial charge in [-0.05, 0) is 68.9 Å². The summed E-state index contributed by atoms with van der Waals surface area (Å²) in [6.07, 6.45) is 5.53. The van der Waals surface area contributed by atoms with Crippen molar-refractivity contribution < 1.29 is 8.42 Å². The number of rotatable bonds is 4. The van der Waals surface area contributed by atoms with Gasteiger partial charge in [0.25, 0.3) is 10.0 Å². The molecule has 1 aromatic carbocycles. The summed E-state index contributed by atoms with van der Waals surface area (Å²) in [5, 5.41) is 4.37. The second-order valence-corrected chi connectivity index (χ2v) is 8.53. The first-order valence-electron chi connectivity index (χ1n) is 8.93. The van der Waals surface area contributed by atoms with Gasteiger partial charge in [0.05, 0.1) is 10.6 Å². The Bertz CT molecular complexity index is 1110. The lowest BCUT2D eigenvalue weighted by Crippen LogP contribution is -2.16. The van der Waals surface area contributed by atoms with Gasteiger partial charge in [0.15, 0.2) is 5.82 Å². The van der Waals surface area contributed by atoms with E-state index in [2.05, 4.69) is 19.8 Å². The van der Waals surface area contributed by atoms with Crippen LogP contribution >= 0.6 is 0 Å². The Kier molecular flexibility index (Phi) is 4.43. The molecule has 0 saturated carbocycles. The molecule has 0 amide bonds. The van der Waals surface area contributed by atoms with Crippen molar-refractivity contribution in [2.24, 2.45) is 0 Å². The molecule has 0 saturated heterocycles. The molecule has 7 nitrogen and oxygen atoms in total. The highest BCUT2D eigenvalue weighted by molar-refractivity contribution is 7.92. The number of fused-ring (bicyclic) bond motifs is 1. The van der Waals surface area contributed by atoms with Crippen molar-refractivity contribution in [2.75, 3.05) is 4.72 Å². The van der Waals surface area contributed by atoms with Gasteiger partial charge in [-0.15, -0.1) is 0 Å². The molecular weight excluding hydrogens is 362 g/mol. The predicted octanol–water partition coefficient (Wildman–Crippen LogP) is 2.96. The van der Waals surface area contributed by atoms with Gasteiger partial charge in [-0.2, -0.15) is 5.10 Å². The number of hydrogen-bond acceptors (Lipinski definition) is 5. The zero-order valence-electron chi connectivity index (χ0n) is 15.3. The van der Waals surface area contributed by atoms with Crippen molar-refractivity contribution in [3.05, 3.63) is 59.2 Å². The van der Waals surface area contributed by atoms with Crippen molar-refractivity contribution in [2.45, 2.75) is 44.4 Å². The van der Waals surface area contributed by atoms with Crippen molar-refractivity contribution in [1.29, 1.82) is 0 Å². The molecule has 0 atom stereocenters. The molecule has 0 unspecified atom stereocenters. The maximum Gasteiger partial charge on any atom is 0.263 e. The van der Waals surface area contributed by atoms with Gasteiger partial charge in [0, 0.05) is 11.8 Å². The minimum absolute atomic E-state index is 0.213. The van der Waals surface area contributed by atoms with Crippen LogP contribution in [0.5, 0.6) is 0 Å². The Morgan fingerprint density at radius 1 is 1.00 bits per heavy atom. The minimum Gasteiger partial charge on any atom is -0.263 e. The van der Waals surface area contributed by atoms with E-state index in [4.69, 9.17) is 0 Å². The molecule has 8 heteroatoms. The van der Waals surface area contributed by atoms with Gasteiger partial charge in [-0.25, -0.2) is 23.1 Å². The molecule has 0 aliphatic heterocycles. The summed E-state index contributed by atoms with van der Waals surface area (Å²) in [6, 6.07) is 8.87. The largest absolute Gasteiger partial charge is 0.263 e. The SMILES string of the molecule is Cc1cc(C)n(-c2cc(NS(=O)(=O)c3ccc4c(c3)CCCC4)ncn2)n1. The number of anilines is 1. The van der Waals surface area contributed by atoms with Crippen LogP contribution in [0.1, 0.15) is 35.4 Å². The van der Waals surface area contributed by atoms with Gasteiger partial charge in [-0.1, -0.05) is 6.07 Å². The Labute approximate surface area is 158 Å². The van der Waals surface area contributed by atoms with Crippen LogP contribution in [0.25, 0.3) is 5.82 Å². The van der Waals surface area contributed by atoms with Crippen molar-refractivity contribution in [1.82, 2.24) is 19.7 Å². The van der Waals surface area contributed by atoms with Gasteiger partial charge < -0.3 is 0 Å². The van der Waals surface area contributed by atoms with Crippen LogP contribution in [0.15, 0.2) is 41.6 Å². The molecule has 0 bridgehead atoms. The summed E-state index contributed by atoms with van der Waals surface area (Å²) < 4.78 is 29.8. The molecule has 4 rings (SSSR count). The van der Waals surface area contributed by atoms with E-state index < -0.39 is 10.0 Å². The minimum atomic E-state index is -3.72. The molecule has 3 aromatic rings. The quantitative estimate of drug-likeness (QED) is 0.748. The zero-order valence-corrected chi connectivity index (χ0v) is 16.1. The number of aryl methyl sites for hydroxylation is 4. The Morgan fingerprint density at radius 2 is 1.78 bits per heavy atom. The third-order valence-electron chi connectivity index (χ3n) is 4.75. The van der Waals surface area contributed by atoms with Crippen LogP contribution in [0.3, 0.4) is 0 Å². The molecule has 0 fully saturated rings. The summed E-state index contributed by atoms with van der Waals surface area (Å²) >= 11 is 0. The van der Waals surface area contributed by atoms with Gasteiger partial charge >= 0.3 is 0 Å². The molecular formula is C19H21N5O2S. The first kappa shape index (κ1) is 17.7. The van der Waals surface area contributed by atoms with E-state index in [1.165, 1.54) is 11.9 Å². The average molecular weight is 383 g/mol. The number of benzene rings is 1. The number of nitrogens with one attached hydrogen (secondary N) is 1. The second kappa shape index (κ2) is 6.77. The topological polar surface area (TPSA) is 89.8 Å². The lowest BCUT2D eigenvalue weighted by Gasteiger charge is -2.17. The smallest absolute Gasteiger partial charge is 0.263 e. The van der Waals surface area contributed by atoms with Crippen LogP contribution in [0.4, 0.5) is 5.82 Å². The molecule has 140 valence electrons. The maximum atomic E-state index is 12.8. The average Bonchev–Trinajstić information content (AvgIpc) is 2.99.